The molecule has 1 aromatic carbocycles. The number of benzene rings is 1. The highest BCUT2D eigenvalue weighted by Crippen LogP contribution is 2.31. The van der Waals surface area contributed by atoms with Gasteiger partial charge in [0.15, 0.2) is 0 Å². The molecule has 1 aliphatic rings. The lowest BCUT2D eigenvalue weighted by Gasteiger charge is -2.20. The first-order valence-corrected chi connectivity index (χ1v) is 9.66. The molecule has 0 aliphatic heterocycles. The molecule has 3 rings (SSSR count). The van der Waals surface area contributed by atoms with E-state index < -0.39 is 0 Å². The van der Waals surface area contributed by atoms with Gasteiger partial charge in [-0.2, -0.15) is 0 Å². The summed E-state index contributed by atoms with van der Waals surface area (Å²) in [5.74, 6) is 1.86. The Morgan fingerprint density at radius 1 is 1.15 bits per heavy atom. The van der Waals surface area contributed by atoms with E-state index in [-0.39, 0.29) is 11.5 Å². The zero-order valence-corrected chi connectivity index (χ0v) is 16.1. The van der Waals surface area contributed by atoms with Crippen LogP contribution in [0.25, 0.3) is 10.9 Å². The number of ether oxygens (including phenoxy) is 2. The summed E-state index contributed by atoms with van der Waals surface area (Å²) in [6, 6.07) is 5.40. The third kappa shape index (κ3) is 4.62. The number of aromatic amines is 1. The van der Waals surface area contributed by atoms with Crippen LogP contribution in [0.4, 0.5) is 0 Å². The molecule has 1 amide bonds. The average molecular weight is 372 g/mol. The summed E-state index contributed by atoms with van der Waals surface area (Å²) in [7, 11) is 3.16. The van der Waals surface area contributed by atoms with Gasteiger partial charge in [-0.15, -0.1) is 0 Å². The Morgan fingerprint density at radius 2 is 1.85 bits per heavy atom. The van der Waals surface area contributed by atoms with E-state index in [1.165, 1.54) is 19.3 Å². The molecular weight excluding hydrogens is 344 g/mol. The molecule has 0 spiro atoms. The molecule has 1 aliphatic carbocycles. The van der Waals surface area contributed by atoms with Crippen LogP contribution in [0.15, 0.2) is 23.0 Å². The van der Waals surface area contributed by atoms with Crippen molar-refractivity contribution in [1.82, 2.24) is 10.3 Å². The van der Waals surface area contributed by atoms with Crippen molar-refractivity contribution in [2.45, 2.75) is 44.9 Å². The predicted molar refractivity (Wildman–Crippen MR) is 106 cm³/mol. The van der Waals surface area contributed by atoms with Crippen molar-refractivity contribution in [3.63, 3.8) is 0 Å². The van der Waals surface area contributed by atoms with E-state index in [1.54, 1.807) is 20.3 Å². The zero-order chi connectivity index (χ0) is 19.2. The van der Waals surface area contributed by atoms with Crippen molar-refractivity contribution in [2.24, 2.45) is 5.92 Å². The number of carbonyl (C=O) groups excluding carboxylic acids is 1. The summed E-state index contributed by atoms with van der Waals surface area (Å²) in [6.07, 6.45) is 7.13. The van der Waals surface area contributed by atoms with Crippen molar-refractivity contribution in [3.05, 3.63) is 34.1 Å². The fourth-order valence-electron chi connectivity index (χ4n) is 3.88. The smallest absolute Gasteiger partial charge is 0.251 e. The number of rotatable bonds is 7. The number of hydrogen-bond donors (Lipinski definition) is 2. The Morgan fingerprint density at radius 3 is 2.56 bits per heavy atom. The maximum Gasteiger partial charge on any atom is 0.251 e. The number of nitrogens with one attached hydrogen (secondary N) is 2. The van der Waals surface area contributed by atoms with Crippen LogP contribution in [0.5, 0.6) is 11.5 Å². The van der Waals surface area contributed by atoms with E-state index in [0.717, 1.165) is 18.2 Å². The van der Waals surface area contributed by atoms with Gasteiger partial charge in [0.1, 0.15) is 11.5 Å². The molecular formula is C21H28N2O4. The van der Waals surface area contributed by atoms with Crippen molar-refractivity contribution < 1.29 is 14.3 Å². The highest BCUT2D eigenvalue weighted by atomic mass is 16.5. The summed E-state index contributed by atoms with van der Waals surface area (Å²) >= 11 is 0. The first-order chi connectivity index (χ1) is 13.1. The van der Waals surface area contributed by atoms with Crippen LogP contribution in [0, 0.1) is 5.92 Å². The van der Waals surface area contributed by atoms with Gasteiger partial charge in [-0.05, 0) is 43.4 Å². The topological polar surface area (TPSA) is 80.4 Å². The lowest BCUT2D eigenvalue weighted by Crippen LogP contribution is -2.29. The second kappa shape index (κ2) is 8.93. The summed E-state index contributed by atoms with van der Waals surface area (Å²) < 4.78 is 10.7. The number of amides is 1. The lowest BCUT2D eigenvalue weighted by molar-refractivity contribution is -0.122. The molecule has 27 heavy (non-hydrogen) atoms. The third-order valence-corrected chi connectivity index (χ3v) is 5.37. The van der Waals surface area contributed by atoms with Crippen LogP contribution in [-0.2, 0) is 11.2 Å². The molecule has 1 heterocycles. The molecule has 1 saturated carbocycles. The van der Waals surface area contributed by atoms with Crippen LogP contribution < -0.4 is 20.3 Å². The lowest BCUT2D eigenvalue weighted by atomic mass is 9.87. The van der Waals surface area contributed by atoms with Gasteiger partial charge < -0.3 is 19.8 Å². The van der Waals surface area contributed by atoms with E-state index in [9.17, 15) is 9.59 Å². The number of aromatic nitrogens is 1. The van der Waals surface area contributed by atoms with E-state index in [0.29, 0.717) is 47.9 Å². The van der Waals surface area contributed by atoms with Gasteiger partial charge >= 0.3 is 0 Å². The quantitative estimate of drug-likeness (QED) is 0.782. The summed E-state index contributed by atoms with van der Waals surface area (Å²) in [5, 5.41) is 3.75. The van der Waals surface area contributed by atoms with E-state index in [1.807, 2.05) is 12.1 Å². The van der Waals surface area contributed by atoms with Crippen molar-refractivity contribution in [1.29, 1.82) is 0 Å². The molecule has 6 nitrogen and oxygen atoms in total. The highest BCUT2D eigenvalue weighted by Gasteiger charge is 2.17. The normalized spacial score (nSPS) is 14.9. The van der Waals surface area contributed by atoms with Crippen molar-refractivity contribution in [2.75, 3.05) is 20.8 Å². The van der Waals surface area contributed by atoms with Crippen LogP contribution in [0.2, 0.25) is 0 Å². The number of methoxy groups -OCH3 is 2. The molecule has 0 bridgehead atoms. The predicted octanol–water partition coefficient (Wildman–Crippen LogP) is 3.17. The monoisotopic (exact) mass is 372 g/mol. The summed E-state index contributed by atoms with van der Waals surface area (Å²) in [5.41, 5.74) is 1.06. The molecule has 1 fully saturated rings. The van der Waals surface area contributed by atoms with Crippen molar-refractivity contribution in [3.8, 4) is 11.5 Å². The van der Waals surface area contributed by atoms with Crippen molar-refractivity contribution >= 4 is 16.8 Å². The Bertz CT molecular complexity index is 853. The number of hydrogen-bond acceptors (Lipinski definition) is 4. The third-order valence-electron chi connectivity index (χ3n) is 5.37. The van der Waals surface area contributed by atoms with Gasteiger partial charge in [-0.3, -0.25) is 9.59 Å². The van der Waals surface area contributed by atoms with Gasteiger partial charge in [0.2, 0.25) is 5.91 Å². The molecule has 2 N–H and O–H groups in total. The standard InChI is InChI=1S/C21H28N2O4/c1-26-17-8-9-18(27-2)20-16(17)13-15(21(25)23-20)10-11-22-19(24)12-14-6-4-3-5-7-14/h8-9,13-14H,3-7,10-12H2,1-2H3,(H,22,24)(H,23,25). The second-order valence-corrected chi connectivity index (χ2v) is 7.19. The minimum Gasteiger partial charge on any atom is -0.496 e. The van der Waals surface area contributed by atoms with Gasteiger partial charge in [-0.1, -0.05) is 19.3 Å². The summed E-state index contributed by atoms with van der Waals surface area (Å²) in [4.78, 5) is 27.5. The van der Waals surface area contributed by atoms with Gasteiger partial charge in [0, 0.05) is 23.9 Å². The summed E-state index contributed by atoms with van der Waals surface area (Å²) in [6.45, 7) is 0.451. The van der Waals surface area contributed by atoms with E-state index >= 15 is 0 Å². The zero-order valence-electron chi connectivity index (χ0n) is 16.1. The average Bonchev–Trinajstić information content (AvgIpc) is 2.68. The van der Waals surface area contributed by atoms with Crippen LogP contribution in [-0.4, -0.2) is 31.7 Å². The Hall–Kier alpha value is -2.50. The molecule has 0 unspecified atom stereocenters. The molecule has 1 aromatic heterocycles. The second-order valence-electron chi connectivity index (χ2n) is 7.19. The van der Waals surface area contributed by atoms with Crippen LogP contribution in [0.3, 0.4) is 0 Å². The maximum atomic E-state index is 12.4. The largest absolute Gasteiger partial charge is 0.496 e. The van der Waals surface area contributed by atoms with E-state index in [2.05, 4.69) is 10.3 Å². The molecule has 146 valence electrons. The molecule has 0 atom stereocenters. The minimum atomic E-state index is -0.171. The van der Waals surface area contributed by atoms with Crippen LogP contribution in [0.1, 0.15) is 44.1 Å². The van der Waals surface area contributed by atoms with Gasteiger partial charge in [0.05, 0.1) is 19.7 Å². The number of fused-ring (bicyclic) bond motifs is 1. The molecule has 0 saturated heterocycles. The Labute approximate surface area is 159 Å². The SMILES string of the molecule is COc1ccc(OC)c2[nH]c(=O)c(CCNC(=O)CC3CCCCC3)cc12. The fourth-order valence-corrected chi connectivity index (χ4v) is 3.88. The molecule has 2 aromatic rings. The number of H-pyrrole nitrogens is 1. The molecule has 6 heteroatoms. The van der Waals surface area contributed by atoms with Gasteiger partial charge in [-0.25, -0.2) is 0 Å². The van der Waals surface area contributed by atoms with E-state index in [4.69, 9.17) is 9.47 Å². The highest BCUT2D eigenvalue weighted by molar-refractivity contribution is 5.90. The van der Waals surface area contributed by atoms with Crippen LogP contribution >= 0.6 is 0 Å². The molecule has 0 radical (unpaired) electrons. The maximum absolute atomic E-state index is 12.4. The minimum absolute atomic E-state index is 0.0818. The van der Waals surface area contributed by atoms with Gasteiger partial charge in [0.25, 0.3) is 5.56 Å². The Kier molecular flexibility index (Phi) is 6.37. The first-order valence-electron chi connectivity index (χ1n) is 9.66. The fraction of sp³-hybridized carbons (Fsp3) is 0.524. The number of pyridine rings is 1. The first kappa shape index (κ1) is 19.3. The number of carbonyl (C=O) groups is 1. The Balaban J connectivity index is 1.67.